The van der Waals surface area contributed by atoms with Gasteiger partial charge in [-0.05, 0) is 43.2 Å². The van der Waals surface area contributed by atoms with Crippen LogP contribution in [0.2, 0.25) is 0 Å². The number of rotatable bonds is 7. The Hall–Kier alpha value is -3.91. The Morgan fingerprint density at radius 1 is 0.943 bits per heavy atom. The first-order valence-electron chi connectivity index (χ1n) is 11.5. The summed E-state index contributed by atoms with van der Waals surface area (Å²) < 4.78 is 3.52. The molecule has 0 aliphatic heterocycles. The highest BCUT2D eigenvalue weighted by molar-refractivity contribution is 7.99. The molecule has 0 aliphatic rings. The predicted molar refractivity (Wildman–Crippen MR) is 140 cm³/mol. The van der Waals surface area contributed by atoms with Gasteiger partial charge < -0.3 is 4.90 Å². The second kappa shape index (κ2) is 9.76. The summed E-state index contributed by atoms with van der Waals surface area (Å²) in [6.45, 7) is 4.93. The molecule has 0 saturated carbocycles. The molecule has 0 unspecified atom stereocenters. The van der Waals surface area contributed by atoms with Crippen LogP contribution in [0.1, 0.15) is 18.1 Å². The SMILES string of the molecule is CCN(C(=O)CSc1nnc2n(Cc3ccccc3)c(=O)c3ccccc3n12)c1ccccc1C. The second-order valence-electron chi connectivity index (χ2n) is 8.23. The Balaban J connectivity index is 1.52. The monoisotopic (exact) mass is 483 g/mol. The van der Waals surface area contributed by atoms with Gasteiger partial charge >= 0.3 is 0 Å². The van der Waals surface area contributed by atoms with Gasteiger partial charge in [-0.25, -0.2) is 0 Å². The standard InChI is InChI=1S/C27H25N5O2S/c1-3-30(22-15-9-7-11-19(22)2)24(33)18-35-27-29-28-26-31(17-20-12-5-4-6-13-20)25(34)21-14-8-10-16-23(21)32(26)27/h4-16H,3,17-18H2,1-2H3. The molecule has 0 N–H and O–H groups in total. The van der Waals surface area contributed by atoms with Crippen molar-refractivity contribution >= 4 is 40.0 Å². The molecule has 8 heteroatoms. The lowest BCUT2D eigenvalue weighted by Gasteiger charge is -2.22. The van der Waals surface area contributed by atoms with Crippen molar-refractivity contribution in [3.05, 3.63) is 100 Å². The van der Waals surface area contributed by atoms with Crippen molar-refractivity contribution in [2.45, 2.75) is 25.5 Å². The van der Waals surface area contributed by atoms with Gasteiger partial charge in [0.1, 0.15) is 0 Å². The molecule has 5 aromatic rings. The van der Waals surface area contributed by atoms with Gasteiger partial charge in [0.2, 0.25) is 11.7 Å². The number of hydrogen-bond donors (Lipinski definition) is 0. The first-order chi connectivity index (χ1) is 17.1. The maximum Gasteiger partial charge on any atom is 0.263 e. The molecule has 176 valence electrons. The number of carbonyl (C=O) groups excluding carboxylic acids is 1. The molecule has 7 nitrogen and oxygen atoms in total. The Morgan fingerprint density at radius 3 is 2.43 bits per heavy atom. The average molecular weight is 484 g/mol. The minimum absolute atomic E-state index is 0.00883. The van der Waals surface area contributed by atoms with Crippen molar-refractivity contribution in [1.29, 1.82) is 0 Å². The van der Waals surface area contributed by atoms with Crippen LogP contribution in [0.25, 0.3) is 16.7 Å². The Morgan fingerprint density at radius 2 is 1.66 bits per heavy atom. The number of nitrogens with zero attached hydrogens (tertiary/aromatic N) is 5. The van der Waals surface area contributed by atoms with Gasteiger partial charge in [-0.15, -0.1) is 10.2 Å². The number of thioether (sulfide) groups is 1. The fourth-order valence-corrected chi connectivity index (χ4v) is 5.10. The van der Waals surface area contributed by atoms with E-state index in [0.29, 0.717) is 29.4 Å². The number of aromatic nitrogens is 4. The molecule has 2 aromatic heterocycles. The number of hydrogen-bond acceptors (Lipinski definition) is 5. The van der Waals surface area contributed by atoms with Crippen LogP contribution < -0.4 is 10.5 Å². The maximum atomic E-state index is 13.4. The van der Waals surface area contributed by atoms with Crippen molar-refractivity contribution in [3.8, 4) is 0 Å². The van der Waals surface area contributed by atoms with Crippen molar-refractivity contribution in [3.63, 3.8) is 0 Å². The van der Waals surface area contributed by atoms with Gasteiger partial charge in [0, 0.05) is 12.2 Å². The Kier molecular flexibility index (Phi) is 6.37. The molecule has 0 spiro atoms. The molecule has 0 radical (unpaired) electrons. The number of benzene rings is 3. The van der Waals surface area contributed by atoms with E-state index >= 15 is 0 Å². The van der Waals surface area contributed by atoms with Crippen molar-refractivity contribution < 1.29 is 4.79 Å². The molecule has 35 heavy (non-hydrogen) atoms. The molecule has 5 rings (SSSR count). The summed E-state index contributed by atoms with van der Waals surface area (Å²) in [5.74, 6) is 0.652. The maximum absolute atomic E-state index is 13.4. The number of amides is 1. The molecular weight excluding hydrogens is 458 g/mol. The zero-order chi connectivity index (χ0) is 24.4. The second-order valence-corrected chi connectivity index (χ2v) is 9.17. The first-order valence-corrected chi connectivity index (χ1v) is 12.5. The molecule has 1 amide bonds. The highest BCUT2D eigenvalue weighted by Crippen LogP contribution is 2.25. The summed E-state index contributed by atoms with van der Waals surface area (Å²) in [5.41, 5.74) is 3.57. The largest absolute Gasteiger partial charge is 0.312 e. The average Bonchev–Trinajstić information content (AvgIpc) is 3.31. The van der Waals surface area contributed by atoms with E-state index in [-0.39, 0.29) is 17.2 Å². The van der Waals surface area contributed by atoms with Crippen LogP contribution in [0.4, 0.5) is 5.69 Å². The van der Waals surface area contributed by atoms with Gasteiger partial charge in [0.05, 0.1) is 23.2 Å². The smallest absolute Gasteiger partial charge is 0.263 e. The van der Waals surface area contributed by atoms with Crippen LogP contribution in [0.15, 0.2) is 88.8 Å². The molecule has 0 fully saturated rings. The Bertz CT molecular complexity index is 1580. The van der Waals surface area contributed by atoms with E-state index in [1.54, 1.807) is 9.47 Å². The van der Waals surface area contributed by atoms with Gasteiger partial charge in [0.15, 0.2) is 5.16 Å². The van der Waals surface area contributed by atoms with Crippen LogP contribution in [0, 0.1) is 6.92 Å². The zero-order valence-corrected chi connectivity index (χ0v) is 20.4. The van der Waals surface area contributed by atoms with E-state index < -0.39 is 0 Å². The topological polar surface area (TPSA) is 72.5 Å². The highest BCUT2D eigenvalue weighted by atomic mass is 32.2. The predicted octanol–water partition coefficient (Wildman–Crippen LogP) is 4.55. The van der Waals surface area contributed by atoms with Gasteiger partial charge in [-0.2, -0.15) is 0 Å². The van der Waals surface area contributed by atoms with E-state index in [1.807, 2.05) is 97.1 Å². The summed E-state index contributed by atoms with van der Waals surface area (Å²) in [6, 6.07) is 25.1. The molecule has 2 heterocycles. The third-order valence-electron chi connectivity index (χ3n) is 6.01. The first kappa shape index (κ1) is 22.9. The fraction of sp³-hybridized carbons (Fsp3) is 0.185. The molecular formula is C27H25N5O2S. The Labute approximate surface area is 207 Å². The lowest BCUT2D eigenvalue weighted by atomic mass is 10.2. The highest BCUT2D eigenvalue weighted by Gasteiger charge is 2.20. The van der Waals surface area contributed by atoms with Gasteiger partial charge in [-0.1, -0.05) is 72.4 Å². The summed E-state index contributed by atoms with van der Waals surface area (Å²) in [6.07, 6.45) is 0. The van der Waals surface area contributed by atoms with Crippen LogP contribution >= 0.6 is 11.8 Å². The molecule has 0 atom stereocenters. The van der Waals surface area contributed by atoms with E-state index in [9.17, 15) is 9.59 Å². The van der Waals surface area contributed by atoms with Crippen LogP contribution in [0.3, 0.4) is 0 Å². The minimum atomic E-state index is -0.117. The van der Waals surface area contributed by atoms with E-state index in [4.69, 9.17) is 0 Å². The van der Waals surface area contributed by atoms with E-state index in [0.717, 1.165) is 22.3 Å². The lowest BCUT2D eigenvalue weighted by Crippen LogP contribution is -2.32. The quantitative estimate of drug-likeness (QED) is 0.318. The summed E-state index contributed by atoms with van der Waals surface area (Å²) >= 11 is 1.33. The number of carbonyl (C=O) groups is 1. The normalized spacial score (nSPS) is 11.3. The lowest BCUT2D eigenvalue weighted by molar-refractivity contribution is -0.116. The minimum Gasteiger partial charge on any atom is -0.312 e. The molecule has 0 saturated heterocycles. The van der Waals surface area contributed by atoms with Gasteiger partial charge in [-0.3, -0.25) is 18.6 Å². The molecule has 0 bridgehead atoms. The third-order valence-corrected chi connectivity index (χ3v) is 6.92. The molecule has 3 aromatic carbocycles. The van der Waals surface area contributed by atoms with Crippen LogP contribution in [-0.4, -0.2) is 37.4 Å². The third kappa shape index (κ3) is 4.33. The van der Waals surface area contributed by atoms with Crippen molar-refractivity contribution in [2.75, 3.05) is 17.2 Å². The van der Waals surface area contributed by atoms with E-state index in [1.165, 1.54) is 11.8 Å². The summed E-state index contributed by atoms with van der Waals surface area (Å²) in [5, 5.41) is 9.91. The van der Waals surface area contributed by atoms with Crippen molar-refractivity contribution in [2.24, 2.45) is 0 Å². The van der Waals surface area contributed by atoms with Crippen molar-refractivity contribution in [1.82, 2.24) is 19.2 Å². The summed E-state index contributed by atoms with van der Waals surface area (Å²) in [7, 11) is 0. The number of fused-ring (bicyclic) bond motifs is 3. The number of aryl methyl sites for hydroxylation is 1. The molecule has 0 aliphatic carbocycles. The zero-order valence-electron chi connectivity index (χ0n) is 19.6. The summed E-state index contributed by atoms with van der Waals surface area (Å²) in [4.78, 5) is 28.3. The van der Waals surface area contributed by atoms with Gasteiger partial charge in [0.25, 0.3) is 5.56 Å². The fourth-order valence-electron chi connectivity index (χ4n) is 4.29. The van der Waals surface area contributed by atoms with E-state index in [2.05, 4.69) is 10.2 Å². The number of para-hydroxylation sites is 2. The van der Waals surface area contributed by atoms with Crippen LogP contribution in [0.5, 0.6) is 0 Å². The van der Waals surface area contributed by atoms with Crippen LogP contribution in [-0.2, 0) is 11.3 Å². The number of anilines is 1.